The van der Waals surface area contributed by atoms with Gasteiger partial charge >= 0.3 is 0 Å². The Morgan fingerprint density at radius 1 is 1.12 bits per heavy atom. The van der Waals surface area contributed by atoms with Gasteiger partial charge in [0.2, 0.25) is 0 Å². The van der Waals surface area contributed by atoms with Gasteiger partial charge in [-0.05, 0) is 60.9 Å². The van der Waals surface area contributed by atoms with Gasteiger partial charge in [0.05, 0.1) is 11.4 Å². The average molecular weight is 423 g/mol. The summed E-state index contributed by atoms with van der Waals surface area (Å²) in [5, 5.41) is 7.00. The molecule has 6 nitrogen and oxygen atoms in total. The topological polar surface area (TPSA) is 65.4 Å². The summed E-state index contributed by atoms with van der Waals surface area (Å²) in [6.07, 6.45) is 7.55. The lowest BCUT2D eigenvalue weighted by molar-refractivity contribution is 0.830. The molecule has 3 aromatic rings. The van der Waals surface area contributed by atoms with Crippen molar-refractivity contribution in [3.8, 4) is 11.3 Å². The number of hydrogen-bond acceptors (Lipinski definition) is 6. The van der Waals surface area contributed by atoms with Gasteiger partial charge in [0.25, 0.3) is 0 Å². The molecule has 0 aliphatic carbocycles. The van der Waals surface area contributed by atoms with Gasteiger partial charge in [-0.2, -0.15) is 0 Å². The molecule has 4 heterocycles. The predicted molar refractivity (Wildman–Crippen MR) is 133 cm³/mol. The summed E-state index contributed by atoms with van der Waals surface area (Å²) in [6.45, 7) is 8.08. The lowest BCUT2D eigenvalue weighted by atomic mass is 10.0. The summed E-state index contributed by atoms with van der Waals surface area (Å²) in [4.78, 5) is 15.7. The number of fused-ring (bicyclic) bond motifs is 1. The van der Waals surface area contributed by atoms with Crippen LogP contribution in [0.4, 0.5) is 17.2 Å². The normalized spacial score (nSPS) is 14.9. The SMILES string of the molecule is C=C(Nc1cccc(C2=CN=CC2)c1)N1CCCNc2ccc(-c3ccnc(C)c3)nc21. The number of aryl methyl sites for hydroxylation is 1. The Bertz CT molecular complexity index is 1230. The van der Waals surface area contributed by atoms with Crippen LogP contribution in [0.2, 0.25) is 0 Å². The number of allylic oxidation sites excluding steroid dienone is 1. The first-order valence-corrected chi connectivity index (χ1v) is 10.9. The second-order valence-corrected chi connectivity index (χ2v) is 8.03. The van der Waals surface area contributed by atoms with Gasteiger partial charge < -0.3 is 15.5 Å². The first-order chi connectivity index (χ1) is 15.7. The van der Waals surface area contributed by atoms with E-state index in [1.165, 1.54) is 11.1 Å². The molecule has 2 aliphatic rings. The molecule has 0 spiro atoms. The molecule has 160 valence electrons. The summed E-state index contributed by atoms with van der Waals surface area (Å²) in [7, 11) is 0. The van der Waals surface area contributed by atoms with E-state index in [-0.39, 0.29) is 0 Å². The number of anilines is 3. The number of benzene rings is 1. The van der Waals surface area contributed by atoms with E-state index in [4.69, 9.17) is 4.98 Å². The summed E-state index contributed by atoms with van der Waals surface area (Å²) in [5.74, 6) is 1.69. The zero-order chi connectivity index (χ0) is 21.9. The van der Waals surface area contributed by atoms with E-state index in [1.807, 2.05) is 31.6 Å². The van der Waals surface area contributed by atoms with Crippen LogP contribution in [0, 0.1) is 6.92 Å². The van der Waals surface area contributed by atoms with Crippen LogP contribution in [0.5, 0.6) is 0 Å². The Hall–Kier alpha value is -3.93. The molecular weight excluding hydrogens is 396 g/mol. The molecular formula is C26H26N6. The van der Waals surface area contributed by atoms with Crippen molar-refractivity contribution in [2.45, 2.75) is 19.8 Å². The van der Waals surface area contributed by atoms with E-state index in [1.54, 1.807) is 0 Å². The number of rotatable bonds is 5. The molecule has 0 saturated carbocycles. The van der Waals surface area contributed by atoms with Crippen molar-refractivity contribution in [2.24, 2.45) is 4.99 Å². The molecule has 2 aromatic heterocycles. The molecule has 2 aliphatic heterocycles. The summed E-state index contributed by atoms with van der Waals surface area (Å²) in [5.41, 5.74) is 7.37. The van der Waals surface area contributed by atoms with Crippen LogP contribution < -0.4 is 15.5 Å². The van der Waals surface area contributed by atoms with Gasteiger partial charge in [0, 0.05) is 55.1 Å². The van der Waals surface area contributed by atoms with Crippen molar-refractivity contribution in [1.29, 1.82) is 0 Å². The maximum absolute atomic E-state index is 5.02. The molecule has 0 saturated heterocycles. The molecule has 6 heteroatoms. The van der Waals surface area contributed by atoms with Gasteiger partial charge in [0.1, 0.15) is 5.82 Å². The monoisotopic (exact) mass is 422 g/mol. The molecule has 0 amide bonds. The molecule has 0 atom stereocenters. The largest absolute Gasteiger partial charge is 0.382 e. The fourth-order valence-electron chi connectivity index (χ4n) is 4.06. The van der Waals surface area contributed by atoms with Crippen molar-refractivity contribution in [3.05, 3.63) is 84.6 Å². The molecule has 2 N–H and O–H groups in total. The summed E-state index contributed by atoms with van der Waals surface area (Å²) in [6, 6.07) is 16.6. The maximum atomic E-state index is 5.02. The van der Waals surface area contributed by atoms with E-state index < -0.39 is 0 Å². The third-order valence-electron chi connectivity index (χ3n) is 5.69. The Kier molecular flexibility index (Phi) is 5.42. The Labute approximate surface area is 188 Å². The van der Waals surface area contributed by atoms with Crippen molar-refractivity contribution in [1.82, 2.24) is 9.97 Å². The molecule has 32 heavy (non-hydrogen) atoms. The van der Waals surface area contributed by atoms with Crippen LogP contribution in [0.1, 0.15) is 24.1 Å². The van der Waals surface area contributed by atoms with E-state index >= 15 is 0 Å². The number of pyridine rings is 2. The second kappa shape index (κ2) is 8.67. The van der Waals surface area contributed by atoms with Gasteiger partial charge in [-0.15, -0.1) is 0 Å². The maximum Gasteiger partial charge on any atom is 0.158 e. The highest BCUT2D eigenvalue weighted by atomic mass is 15.3. The molecule has 0 fully saturated rings. The minimum absolute atomic E-state index is 0.805. The Morgan fingerprint density at radius 3 is 2.91 bits per heavy atom. The molecule has 0 unspecified atom stereocenters. The van der Waals surface area contributed by atoms with E-state index in [2.05, 4.69) is 74.6 Å². The minimum atomic E-state index is 0.805. The van der Waals surface area contributed by atoms with Crippen LogP contribution in [0.25, 0.3) is 16.8 Å². The Morgan fingerprint density at radius 2 is 2.06 bits per heavy atom. The highest BCUT2D eigenvalue weighted by Gasteiger charge is 2.20. The number of aromatic nitrogens is 2. The fraction of sp³-hybridized carbons (Fsp3) is 0.192. The average Bonchev–Trinajstić information content (AvgIpc) is 3.26. The van der Waals surface area contributed by atoms with Crippen LogP contribution in [0.3, 0.4) is 0 Å². The van der Waals surface area contributed by atoms with Crippen LogP contribution in [0.15, 0.2) is 78.3 Å². The third kappa shape index (κ3) is 4.12. The van der Waals surface area contributed by atoms with Gasteiger partial charge in [-0.1, -0.05) is 18.7 Å². The quantitative estimate of drug-likeness (QED) is 0.571. The molecule has 0 radical (unpaired) electrons. The number of nitrogens with one attached hydrogen (secondary N) is 2. The number of hydrogen-bond donors (Lipinski definition) is 2. The first-order valence-electron chi connectivity index (χ1n) is 10.9. The summed E-state index contributed by atoms with van der Waals surface area (Å²) >= 11 is 0. The molecule has 5 rings (SSSR count). The predicted octanol–water partition coefficient (Wildman–Crippen LogP) is 5.47. The van der Waals surface area contributed by atoms with Crippen LogP contribution >= 0.6 is 0 Å². The van der Waals surface area contributed by atoms with Crippen molar-refractivity contribution in [2.75, 3.05) is 28.6 Å². The highest BCUT2D eigenvalue weighted by molar-refractivity contribution is 5.85. The van der Waals surface area contributed by atoms with Gasteiger partial charge in [0.15, 0.2) is 5.82 Å². The fourth-order valence-corrected chi connectivity index (χ4v) is 4.06. The van der Waals surface area contributed by atoms with E-state index in [0.29, 0.717) is 0 Å². The lowest BCUT2D eigenvalue weighted by Crippen LogP contribution is -2.28. The molecule has 0 bridgehead atoms. The zero-order valence-corrected chi connectivity index (χ0v) is 18.2. The van der Waals surface area contributed by atoms with Gasteiger partial charge in [-0.25, -0.2) is 4.98 Å². The zero-order valence-electron chi connectivity index (χ0n) is 18.2. The van der Waals surface area contributed by atoms with Crippen molar-refractivity contribution >= 4 is 29.0 Å². The minimum Gasteiger partial charge on any atom is -0.382 e. The summed E-state index contributed by atoms with van der Waals surface area (Å²) < 4.78 is 0. The van der Waals surface area contributed by atoms with Crippen molar-refractivity contribution < 1.29 is 0 Å². The van der Waals surface area contributed by atoms with E-state index in [0.717, 1.165) is 65.9 Å². The van der Waals surface area contributed by atoms with Crippen LogP contribution in [-0.2, 0) is 0 Å². The smallest absolute Gasteiger partial charge is 0.158 e. The van der Waals surface area contributed by atoms with Crippen LogP contribution in [-0.4, -0.2) is 29.3 Å². The second-order valence-electron chi connectivity index (χ2n) is 8.03. The Balaban J connectivity index is 1.43. The van der Waals surface area contributed by atoms with E-state index in [9.17, 15) is 0 Å². The number of nitrogens with zero attached hydrogens (tertiary/aromatic N) is 4. The first kappa shape index (κ1) is 20.0. The standard InChI is InChI=1S/C26H26N6/c1-18-15-21(10-13-28-18)24-7-8-25-26(31-24)32(14-4-11-29-25)19(2)30-23-6-3-5-20(16-23)22-9-12-27-17-22/h3,5-8,10,12-13,15-17,29-30H,2,4,9,11,14H2,1H3. The third-order valence-corrected chi connectivity index (χ3v) is 5.69. The van der Waals surface area contributed by atoms with Gasteiger partial charge in [-0.3, -0.25) is 9.98 Å². The van der Waals surface area contributed by atoms with Crippen molar-refractivity contribution in [3.63, 3.8) is 0 Å². The lowest BCUT2D eigenvalue weighted by Gasteiger charge is -2.26. The highest BCUT2D eigenvalue weighted by Crippen LogP contribution is 2.32. The number of aliphatic imine (C=N–C) groups is 1. The molecule has 1 aromatic carbocycles.